The van der Waals surface area contributed by atoms with Crippen molar-refractivity contribution in [1.82, 2.24) is 9.97 Å². The molecule has 0 aliphatic heterocycles. The summed E-state index contributed by atoms with van der Waals surface area (Å²) in [7, 11) is 0. The van der Waals surface area contributed by atoms with Gasteiger partial charge in [-0.1, -0.05) is 19.9 Å². The Morgan fingerprint density at radius 2 is 1.65 bits per heavy atom. The van der Waals surface area contributed by atoms with Crippen molar-refractivity contribution < 1.29 is 5.11 Å². The Kier molecular flexibility index (Phi) is 2.85. The minimum atomic E-state index is -0.686. The standard InChI is InChI=1S/C12H14N2O3/c1-6(2)10(15)7-3-4-8-9(5-7)14-12(17)11(16)13-8/h3-6,10,15H,1-2H3,(H,13,16)(H,14,17). The van der Waals surface area contributed by atoms with Crippen LogP contribution in [0.25, 0.3) is 11.0 Å². The molecule has 5 nitrogen and oxygen atoms in total. The van der Waals surface area contributed by atoms with Crippen molar-refractivity contribution >= 4 is 11.0 Å². The van der Waals surface area contributed by atoms with Crippen LogP contribution >= 0.6 is 0 Å². The minimum absolute atomic E-state index is 0.0851. The van der Waals surface area contributed by atoms with E-state index in [-0.39, 0.29) is 5.92 Å². The fourth-order valence-corrected chi connectivity index (χ4v) is 1.70. The first-order chi connectivity index (χ1) is 7.99. The van der Waals surface area contributed by atoms with E-state index in [4.69, 9.17) is 0 Å². The highest BCUT2D eigenvalue weighted by atomic mass is 16.3. The van der Waals surface area contributed by atoms with E-state index < -0.39 is 17.2 Å². The van der Waals surface area contributed by atoms with Crippen molar-refractivity contribution in [1.29, 1.82) is 0 Å². The predicted molar refractivity (Wildman–Crippen MR) is 65.0 cm³/mol. The van der Waals surface area contributed by atoms with Crippen LogP contribution in [-0.2, 0) is 0 Å². The second kappa shape index (κ2) is 4.18. The molecule has 0 saturated heterocycles. The lowest BCUT2D eigenvalue weighted by Crippen LogP contribution is -2.28. The summed E-state index contributed by atoms with van der Waals surface area (Å²) in [6.45, 7) is 3.81. The zero-order valence-electron chi connectivity index (χ0n) is 9.65. The van der Waals surface area contributed by atoms with Crippen LogP contribution in [0.3, 0.4) is 0 Å². The maximum atomic E-state index is 11.2. The van der Waals surface area contributed by atoms with E-state index in [2.05, 4.69) is 9.97 Å². The van der Waals surface area contributed by atoms with Crippen LogP contribution in [0.2, 0.25) is 0 Å². The number of H-pyrrole nitrogens is 2. The summed E-state index contributed by atoms with van der Waals surface area (Å²) in [5, 5.41) is 9.92. The van der Waals surface area contributed by atoms with Gasteiger partial charge in [-0.2, -0.15) is 0 Å². The van der Waals surface area contributed by atoms with E-state index in [9.17, 15) is 14.7 Å². The number of aromatic nitrogens is 2. The summed E-state index contributed by atoms with van der Waals surface area (Å²) in [6, 6.07) is 5.09. The summed E-state index contributed by atoms with van der Waals surface area (Å²) in [5.41, 5.74) is 0.430. The largest absolute Gasteiger partial charge is 0.388 e. The van der Waals surface area contributed by atoms with Gasteiger partial charge in [-0.3, -0.25) is 9.59 Å². The zero-order chi connectivity index (χ0) is 12.6. The molecule has 3 N–H and O–H groups in total. The number of hydrogen-bond acceptors (Lipinski definition) is 3. The third-order valence-corrected chi connectivity index (χ3v) is 2.72. The van der Waals surface area contributed by atoms with Crippen molar-refractivity contribution in [2.24, 2.45) is 5.92 Å². The van der Waals surface area contributed by atoms with Gasteiger partial charge in [0.15, 0.2) is 0 Å². The van der Waals surface area contributed by atoms with Crippen LogP contribution in [0, 0.1) is 5.92 Å². The van der Waals surface area contributed by atoms with Crippen molar-refractivity contribution in [3.8, 4) is 0 Å². The Hall–Kier alpha value is -1.88. The lowest BCUT2D eigenvalue weighted by Gasteiger charge is -2.14. The molecule has 0 spiro atoms. The molecule has 1 aromatic heterocycles. The van der Waals surface area contributed by atoms with E-state index >= 15 is 0 Å². The fraction of sp³-hybridized carbons (Fsp3) is 0.333. The van der Waals surface area contributed by atoms with Crippen LogP contribution in [-0.4, -0.2) is 15.1 Å². The van der Waals surface area contributed by atoms with Crippen molar-refractivity contribution in [2.75, 3.05) is 0 Å². The summed E-state index contributed by atoms with van der Waals surface area (Å²) in [6.07, 6.45) is -0.588. The molecule has 0 radical (unpaired) electrons. The van der Waals surface area contributed by atoms with Gasteiger partial charge in [0.2, 0.25) is 0 Å². The topological polar surface area (TPSA) is 85.9 Å². The number of hydrogen-bond donors (Lipinski definition) is 3. The van der Waals surface area contributed by atoms with E-state index in [0.29, 0.717) is 11.0 Å². The summed E-state index contributed by atoms with van der Waals surface area (Å²) in [4.78, 5) is 27.3. The van der Waals surface area contributed by atoms with Crippen LogP contribution in [0.5, 0.6) is 0 Å². The third-order valence-electron chi connectivity index (χ3n) is 2.72. The molecule has 2 aromatic rings. The monoisotopic (exact) mass is 234 g/mol. The molecule has 2 rings (SSSR count). The Balaban J connectivity index is 2.62. The summed E-state index contributed by atoms with van der Waals surface area (Å²) < 4.78 is 0. The Morgan fingerprint density at radius 1 is 1.06 bits per heavy atom. The maximum Gasteiger partial charge on any atom is 0.314 e. The number of aromatic amines is 2. The zero-order valence-corrected chi connectivity index (χ0v) is 9.65. The molecular formula is C12H14N2O3. The lowest BCUT2D eigenvalue weighted by atomic mass is 9.99. The van der Waals surface area contributed by atoms with Crippen LogP contribution < -0.4 is 11.1 Å². The number of fused-ring (bicyclic) bond motifs is 1. The average molecular weight is 234 g/mol. The molecule has 17 heavy (non-hydrogen) atoms. The molecule has 1 unspecified atom stereocenters. The molecule has 0 bridgehead atoms. The molecule has 90 valence electrons. The van der Waals surface area contributed by atoms with Crippen LogP contribution in [0.15, 0.2) is 27.8 Å². The quantitative estimate of drug-likeness (QED) is 0.675. The third kappa shape index (κ3) is 2.14. The normalized spacial score (nSPS) is 13.2. The highest BCUT2D eigenvalue weighted by Crippen LogP contribution is 2.22. The number of aliphatic hydroxyl groups is 1. The summed E-state index contributed by atoms with van der Waals surface area (Å²) >= 11 is 0. The van der Waals surface area contributed by atoms with Crippen molar-refractivity contribution in [2.45, 2.75) is 20.0 Å². The van der Waals surface area contributed by atoms with Gasteiger partial charge < -0.3 is 15.1 Å². The molecule has 0 aliphatic rings. The highest BCUT2D eigenvalue weighted by Gasteiger charge is 2.12. The van der Waals surface area contributed by atoms with E-state index in [1.54, 1.807) is 18.2 Å². The van der Waals surface area contributed by atoms with Gasteiger partial charge in [0.1, 0.15) is 0 Å². The SMILES string of the molecule is CC(C)C(O)c1ccc2[nH]c(=O)c(=O)[nH]c2c1. The van der Waals surface area contributed by atoms with Crippen LogP contribution in [0.1, 0.15) is 25.5 Å². The second-order valence-electron chi connectivity index (χ2n) is 4.40. The number of aliphatic hydroxyl groups excluding tert-OH is 1. The predicted octanol–water partition coefficient (Wildman–Crippen LogP) is 0.906. The molecule has 0 amide bonds. The minimum Gasteiger partial charge on any atom is -0.388 e. The van der Waals surface area contributed by atoms with Crippen LogP contribution in [0.4, 0.5) is 0 Å². The lowest BCUT2D eigenvalue weighted by molar-refractivity contribution is 0.127. The maximum absolute atomic E-state index is 11.2. The number of nitrogens with one attached hydrogen (secondary N) is 2. The Morgan fingerprint density at radius 3 is 2.24 bits per heavy atom. The number of rotatable bonds is 2. The average Bonchev–Trinajstić information content (AvgIpc) is 2.29. The first-order valence-electron chi connectivity index (χ1n) is 5.43. The van der Waals surface area contributed by atoms with E-state index in [1.165, 1.54) is 0 Å². The number of benzene rings is 1. The van der Waals surface area contributed by atoms with Gasteiger partial charge >= 0.3 is 11.1 Å². The first kappa shape index (κ1) is 11.6. The van der Waals surface area contributed by atoms with Gasteiger partial charge in [-0.05, 0) is 23.6 Å². The van der Waals surface area contributed by atoms with Gasteiger partial charge in [0.05, 0.1) is 17.1 Å². The van der Waals surface area contributed by atoms with E-state index in [0.717, 1.165) is 5.56 Å². The molecule has 0 aliphatic carbocycles. The van der Waals surface area contributed by atoms with E-state index in [1.807, 2.05) is 13.8 Å². The van der Waals surface area contributed by atoms with Gasteiger partial charge in [-0.25, -0.2) is 0 Å². The first-order valence-corrected chi connectivity index (χ1v) is 5.43. The molecule has 1 aromatic carbocycles. The molecule has 1 atom stereocenters. The molecule has 0 fully saturated rings. The molecular weight excluding hydrogens is 220 g/mol. The fourth-order valence-electron chi connectivity index (χ4n) is 1.70. The smallest absolute Gasteiger partial charge is 0.314 e. The van der Waals surface area contributed by atoms with Gasteiger partial charge in [0, 0.05) is 0 Å². The van der Waals surface area contributed by atoms with Gasteiger partial charge in [0.25, 0.3) is 0 Å². The Bertz CT molecular complexity index is 655. The highest BCUT2D eigenvalue weighted by molar-refractivity contribution is 5.74. The molecule has 1 heterocycles. The summed E-state index contributed by atoms with van der Waals surface area (Å²) in [5.74, 6) is 0.0851. The van der Waals surface area contributed by atoms with Gasteiger partial charge in [-0.15, -0.1) is 0 Å². The van der Waals surface area contributed by atoms with Crippen molar-refractivity contribution in [3.05, 3.63) is 44.5 Å². The Labute approximate surface area is 97.1 Å². The molecule has 0 saturated carbocycles. The molecule has 5 heteroatoms. The van der Waals surface area contributed by atoms with Crippen molar-refractivity contribution in [3.63, 3.8) is 0 Å². The second-order valence-corrected chi connectivity index (χ2v) is 4.40.